The maximum Gasteiger partial charge on any atom is 0.225 e. The standard InChI is InChI=1S/C15H19N3O2/c16-10-12-4-1-2-6-14(12)17-15(20)7-9-18-8-3-5-13(19)11-18/h1-2,4,6,13,19H,3,5,7-9,11H2,(H,17,20)/t13-/m1/s1. The monoisotopic (exact) mass is 273 g/mol. The predicted octanol–water partition coefficient (Wildman–Crippen LogP) is 1.34. The normalized spacial score (nSPS) is 19.3. The number of nitrogens with zero attached hydrogens (tertiary/aromatic N) is 2. The summed E-state index contributed by atoms with van der Waals surface area (Å²) in [5, 5.41) is 21.3. The van der Waals surface area contributed by atoms with Crippen LogP contribution in [0.3, 0.4) is 0 Å². The molecule has 0 bridgehead atoms. The van der Waals surface area contributed by atoms with Gasteiger partial charge in [0.1, 0.15) is 6.07 Å². The smallest absolute Gasteiger partial charge is 0.225 e. The van der Waals surface area contributed by atoms with E-state index in [4.69, 9.17) is 5.26 Å². The van der Waals surface area contributed by atoms with Gasteiger partial charge in [0, 0.05) is 19.5 Å². The van der Waals surface area contributed by atoms with E-state index in [1.54, 1.807) is 24.3 Å². The maximum atomic E-state index is 11.9. The molecule has 1 atom stereocenters. The van der Waals surface area contributed by atoms with E-state index < -0.39 is 0 Å². The molecule has 0 saturated carbocycles. The number of hydrogen-bond acceptors (Lipinski definition) is 4. The minimum Gasteiger partial charge on any atom is -0.392 e. The molecule has 1 aliphatic rings. The predicted molar refractivity (Wildman–Crippen MR) is 76.1 cm³/mol. The molecule has 0 aromatic heterocycles. The number of aliphatic hydroxyl groups is 1. The van der Waals surface area contributed by atoms with Crippen molar-refractivity contribution in [3.63, 3.8) is 0 Å². The highest BCUT2D eigenvalue weighted by Gasteiger charge is 2.18. The third-order valence-electron chi connectivity index (χ3n) is 3.46. The lowest BCUT2D eigenvalue weighted by molar-refractivity contribution is -0.116. The number of hydrogen-bond donors (Lipinski definition) is 2. The first-order chi connectivity index (χ1) is 9.69. The number of benzene rings is 1. The van der Waals surface area contributed by atoms with Crippen molar-refractivity contribution in [3.05, 3.63) is 29.8 Å². The number of nitrogens with one attached hydrogen (secondary N) is 1. The van der Waals surface area contributed by atoms with Gasteiger partial charge >= 0.3 is 0 Å². The molecule has 0 unspecified atom stereocenters. The number of nitriles is 1. The highest BCUT2D eigenvalue weighted by Crippen LogP contribution is 2.14. The van der Waals surface area contributed by atoms with Crippen LogP contribution in [0.5, 0.6) is 0 Å². The van der Waals surface area contributed by atoms with E-state index in [-0.39, 0.29) is 12.0 Å². The number of amides is 1. The van der Waals surface area contributed by atoms with Crippen LogP contribution in [0.2, 0.25) is 0 Å². The Morgan fingerprint density at radius 3 is 3.05 bits per heavy atom. The van der Waals surface area contributed by atoms with Crippen LogP contribution in [0.1, 0.15) is 24.8 Å². The second-order valence-electron chi connectivity index (χ2n) is 5.05. The number of rotatable bonds is 4. The number of likely N-dealkylation sites (tertiary alicyclic amines) is 1. The first kappa shape index (κ1) is 14.5. The molecule has 1 heterocycles. The molecule has 20 heavy (non-hydrogen) atoms. The van der Waals surface area contributed by atoms with Gasteiger partial charge in [-0.25, -0.2) is 0 Å². The minimum absolute atomic E-state index is 0.104. The van der Waals surface area contributed by atoms with Crippen LogP contribution in [0.15, 0.2) is 24.3 Å². The quantitative estimate of drug-likeness (QED) is 0.868. The maximum absolute atomic E-state index is 11.9. The van der Waals surface area contributed by atoms with E-state index in [1.807, 2.05) is 0 Å². The van der Waals surface area contributed by atoms with Gasteiger partial charge in [-0.1, -0.05) is 12.1 Å². The molecular weight excluding hydrogens is 254 g/mol. The van der Waals surface area contributed by atoms with E-state index >= 15 is 0 Å². The third kappa shape index (κ3) is 4.05. The Balaban J connectivity index is 1.82. The van der Waals surface area contributed by atoms with Gasteiger partial charge in [0.25, 0.3) is 0 Å². The van der Waals surface area contributed by atoms with Crippen molar-refractivity contribution < 1.29 is 9.90 Å². The lowest BCUT2D eigenvalue weighted by Gasteiger charge is -2.29. The van der Waals surface area contributed by atoms with Crippen molar-refractivity contribution >= 4 is 11.6 Å². The Labute approximate surface area is 118 Å². The topological polar surface area (TPSA) is 76.4 Å². The van der Waals surface area contributed by atoms with E-state index in [0.29, 0.717) is 30.8 Å². The SMILES string of the molecule is N#Cc1ccccc1NC(=O)CCN1CCC[C@@H](O)C1. The molecule has 1 fully saturated rings. The number of aliphatic hydroxyl groups excluding tert-OH is 1. The number of piperidine rings is 1. The van der Waals surface area contributed by atoms with Gasteiger partial charge in [-0.05, 0) is 31.5 Å². The number of anilines is 1. The van der Waals surface area contributed by atoms with Crippen molar-refractivity contribution in [2.45, 2.75) is 25.4 Å². The van der Waals surface area contributed by atoms with Crippen LogP contribution in [0, 0.1) is 11.3 Å². The molecule has 2 N–H and O–H groups in total. The minimum atomic E-state index is -0.272. The number of para-hydroxylation sites is 1. The lowest BCUT2D eigenvalue weighted by atomic mass is 10.1. The molecule has 5 nitrogen and oxygen atoms in total. The second kappa shape index (κ2) is 7.04. The molecule has 0 radical (unpaired) electrons. The Morgan fingerprint density at radius 1 is 1.50 bits per heavy atom. The first-order valence-electron chi connectivity index (χ1n) is 6.88. The van der Waals surface area contributed by atoms with Gasteiger partial charge in [-0.15, -0.1) is 0 Å². The van der Waals surface area contributed by atoms with Crippen LogP contribution in [0.4, 0.5) is 5.69 Å². The summed E-state index contributed by atoms with van der Waals surface area (Å²) in [4.78, 5) is 14.0. The van der Waals surface area contributed by atoms with Crippen molar-refractivity contribution in [1.82, 2.24) is 4.90 Å². The van der Waals surface area contributed by atoms with Crippen LogP contribution in [-0.2, 0) is 4.79 Å². The summed E-state index contributed by atoms with van der Waals surface area (Å²) in [6.45, 7) is 2.21. The lowest BCUT2D eigenvalue weighted by Crippen LogP contribution is -2.39. The molecule has 5 heteroatoms. The fraction of sp³-hybridized carbons (Fsp3) is 0.467. The molecule has 1 saturated heterocycles. The zero-order valence-corrected chi connectivity index (χ0v) is 11.4. The van der Waals surface area contributed by atoms with Crippen molar-refractivity contribution in [1.29, 1.82) is 5.26 Å². The van der Waals surface area contributed by atoms with Crippen molar-refractivity contribution in [2.24, 2.45) is 0 Å². The second-order valence-corrected chi connectivity index (χ2v) is 5.05. The third-order valence-corrected chi connectivity index (χ3v) is 3.46. The summed E-state index contributed by atoms with van der Waals surface area (Å²) < 4.78 is 0. The van der Waals surface area contributed by atoms with Crippen molar-refractivity contribution in [3.8, 4) is 6.07 Å². The average Bonchev–Trinajstić information content (AvgIpc) is 2.46. The Morgan fingerprint density at radius 2 is 2.30 bits per heavy atom. The van der Waals surface area contributed by atoms with Gasteiger partial charge in [0.05, 0.1) is 17.4 Å². The summed E-state index contributed by atoms with van der Waals surface area (Å²) in [6, 6.07) is 9.01. The molecule has 1 amide bonds. The highest BCUT2D eigenvalue weighted by molar-refractivity contribution is 5.92. The molecule has 0 aliphatic carbocycles. The Bertz CT molecular complexity index is 510. The van der Waals surface area contributed by atoms with E-state index in [9.17, 15) is 9.90 Å². The Hall–Kier alpha value is -1.90. The summed E-state index contributed by atoms with van der Waals surface area (Å²) in [5.41, 5.74) is 1.02. The summed E-state index contributed by atoms with van der Waals surface area (Å²) in [5.74, 6) is -0.104. The van der Waals surface area contributed by atoms with Crippen molar-refractivity contribution in [2.75, 3.05) is 25.0 Å². The first-order valence-corrected chi connectivity index (χ1v) is 6.88. The molecule has 1 aromatic carbocycles. The highest BCUT2D eigenvalue weighted by atomic mass is 16.3. The largest absolute Gasteiger partial charge is 0.392 e. The Kier molecular flexibility index (Phi) is 5.10. The average molecular weight is 273 g/mol. The van der Waals surface area contributed by atoms with E-state index in [1.165, 1.54) is 0 Å². The van der Waals surface area contributed by atoms with Crippen LogP contribution < -0.4 is 5.32 Å². The summed E-state index contributed by atoms with van der Waals surface area (Å²) >= 11 is 0. The van der Waals surface area contributed by atoms with E-state index in [0.717, 1.165) is 19.4 Å². The van der Waals surface area contributed by atoms with Crippen LogP contribution in [0.25, 0.3) is 0 Å². The number of carbonyl (C=O) groups is 1. The van der Waals surface area contributed by atoms with Gasteiger partial charge in [0.15, 0.2) is 0 Å². The van der Waals surface area contributed by atoms with Crippen LogP contribution >= 0.6 is 0 Å². The van der Waals surface area contributed by atoms with Gasteiger partial charge in [-0.2, -0.15) is 5.26 Å². The fourth-order valence-corrected chi connectivity index (χ4v) is 2.40. The summed E-state index contributed by atoms with van der Waals surface area (Å²) in [7, 11) is 0. The zero-order valence-electron chi connectivity index (χ0n) is 11.4. The molecule has 106 valence electrons. The number of carbonyl (C=O) groups excluding carboxylic acids is 1. The van der Waals surface area contributed by atoms with Gasteiger partial charge in [-0.3, -0.25) is 4.79 Å². The molecular formula is C15H19N3O2. The van der Waals surface area contributed by atoms with Gasteiger partial charge in [0.2, 0.25) is 5.91 Å². The molecule has 1 aromatic rings. The zero-order chi connectivity index (χ0) is 14.4. The van der Waals surface area contributed by atoms with E-state index in [2.05, 4.69) is 16.3 Å². The molecule has 2 rings (SSSR count). The van der Waals surface area contributed by atoms with Crippen LogP contribution in [-0.4, -0.2) is 41.7 Å². The van der Waals surface area contributed by atoms with Gasteiger partial charge < -0.3 is 15.3 Å². The number of β-amino-alcohol motifs (C(OH)–C–C–N with tert-alkyl or cyclic N) is 1. The molecule has 1 aliphatic heterocycles. The molecule has 0 spiro atoms. The summed E-state index contributed by atoms with van der Waals surface area (Å²) in [6.07, 6.45) is 1.91. The fourth-order valence-electron chi connectivity index (χ4n) is 2.40.